The Hall–Kier alpha value is -3.05. The number of carbonyl (C=O) groups is 1. The molecule has 0 fully saturated rings. The molecule has 5 heteroatoms. The number of carbonyl (C=O) groups excluding carboxylic acids is 1. The minimum absolute atomic E-state index is 0.0920. The Bertz CT molecular complexity index is 1110. The molecule has 0 saturated heterocycles. The van der Waals surface area contributed by atoms with E-state index in [0.717, 1.165) is 12.1 Å². The van der Waals surface area contributed by atoms with Crippen molar-refractivity contribution in [1.29, 1.82) is 0 Å². The van der Waals surface area contributed by atoms with E-state index in [-0.39, 0.29) is 11.4 Å². The fourth-order valence-corrected chi connectivity index (χ4v) is 4.42. The number of thiophene rings is 1. The van der Waals surface area contributed by atoms with Gasteiger partial charge in [0.2, 0.25) is 0 Å². The summed E-state index contributed by atoms with van der Waals surface area (Å²) in [6.07, 6.45) is 3.35. The molecule has 0 radical (unpaired) electrons. The third-order valence-corrected chi connectivity index (χ3v) is 6.19. The van der Waals surface area contributed by atoms with Crippen LogP contribution in [0.5, 0.6) is 0 Å². The summed E-state index contributed by atoms with van der Waals surface area (Å²) in [4.78, 5) is 13.0. The van der Waals surface area contributed by atoms with Gasteiger partial charge >= 0.3 is 5.97 Å². The highest BCUT2D eigenvalue weighted by atomic mass is 32.1. The molecule has 0 spiro atoms. The smallest absolute Gasteiger partial charge is 0.338 e. The number of esters is 1. The van der Waals surface area contributed by atoms with E-state index in [4.69, 9.17) is 4.74 Å². The predicted molar refractivity (Wildman–Crippen MR) is 122 cm³/mol. The van der Waals surface area contributed by atoms with Gasteiger partial charge in [-0.2, -0.15) is 10.2 Å². The molecule has 30 heavy (non-hydrogen) atoms. The van der Waals surface area contributed by atoms with Gasteiger partial charge in [0.1, 0.15) is 0 Å². The van der Waals surface area contributed by atoms with E-state index in [2.05, 4.69) is 59.8 Å². The second-order valence-electron chi connectivity index (χ2n) is 7.88. The Morgan fingerprint density at radius 3 is 2.50 bits per heavy atom. The van der Waals surface area contributed by atoms with E-state index in [1.54, 1.807) is 42.5 Å². The molecule has 0 bridgehead atoms. The van der Waals surface area contributed by atoms with Crippen molar-refractivity contribution in [1.82, 2.24) is 0 Å². The fraction of sp³-hybridized carbons (Fsp3) is 0.240. The Labute approximate surface area is 180 Å². The van der Waals surface area contributed by atoms with Crippen molar-refractivity contribution in [3.63, 3.8) is 0 Å². The summed E-state index contributed by atoms with van der Waals surface area (Å²) in [6, 6.07) is 17.5. The van der Waals surface area contributed by atoms with Gasteiger partial charge in [0.15, 0.2) is 0 Å². The quantitative estimate of drug-likeness (QED) is 0.320. The van der Waals surface area contributed by atoms with Crippen LogP contribution in [-0.4, -0.2) is 12.6 Å². The number of allylic oxidation sites excluding steroid dienone is 1. The number of fused-ring (bicyclic) bond motifs is 1. The summed E-state index contributed by atoms with van der Waals surface area (Å²) in [5, 5.41) is 10.9. The van der Waals surface area contributed by atoms with E-state index in [9.17, 15) is 4.79 Å². The van der Waals surface area contributed by atoms with Gasteiger partial charge in [-0.05, 0) is 83.3 Å². The first kappa shape index (κ1) is 20.2. The molecule has 0 N–H and O–H groups in total. The Balaban J connectivity index is 1.62. The largest absolute Gasteiger partial charge is 0.462 e. The van der Waals surface area contributed by atoms with E-state index < -0.39 is 0 Å². The second kappa shape index (κ2) is 8.36. The monoisotopic (exact) mass is 416 g/mol. The number of ether oxygens (including phenoxy) is 1. The van der Waals surface area contributed by atoms with Crippen molar-refractivity contribution < 1.29 is 9.53 Å². The van der Waals surface area contributed by atoms with Crippen LogP contribution in [0.25, 0.3) is 5.57 Å². The molecule has 4 rings (SSSR count). The van der Waals surface area contributed by atoms with Crippen LogP contribution >= 0.6 is 11.3 Å². The van der Waals surface area contributed by atoms with E-state index in [1.165, 1.54) is 21.6 Å². The lowest BCUT2D eigenvalue weighted by Crippen LogP contribution is -2.21. The minimum atomic E-state index is -0.328. The highest BCUT2D eigenvalue weighted by Crippen LogP contribution is 2.43. The zero-order chi connectivity index (χ0) is 21.1. The molecule has 0 atom stereocenters. The summed E-state index contributed by atoms with van der Waals surface area (Å²) < 4.78 is 5.01. The van der Waals surface area contributed by atoms with Crippen LogP contribution in [-0.2, 0) is 10.2 Å². The molecule has 0 unspecified atom stereocenters. The van der Waals surface area contributed by atoms with Gasteiger partial charge in [-0.1, -0.05) is 32.1 Å². The summed E-state index contributed by atoms with van der Waals surface area (Å²) in [7, 11) is 0. The van der Waals surface area contributed by atoms with Crippen LogP contribution in [0.15, 0.2) is 76.3 Å². The third kappa shape index (κ3) is 4.12. The zero-order valence-corrected chi connectivity index (χ0v) is 18.2. The highest BCUT2D eigenvalue weighted by molar-refractivity contribution is 7.11. The summed E-state index contributed by atoms with van der Waals surface area (Å²) in [5.41, 5.74) is 5.94. The van der Waals surface area contributed by atoms with Gasteiger partial charge in [-0.15, -0.1) is 11.3 Å². The first-order valence-electron chi connectivity index (χ1n) is 10.1. The zero-order valence-electron chi connectivity index (χ0n) is 17.4. The predicted octanol–water partition coefficient (Wildman–Crippen LogP) is 7.45. The molecule has 0 amide bonds. The van der Waals surface area contributed by atoms with Crippen LogP contribution in [0.3, 0.4) is 0 Å². The number of azo groups is 1. The molecule has 1 aliphatic carbocycles. The van der Waals surface area contributed by atoms with Crippen molar-refractivity contribution in [2.45, 2.75) is 32.6 Å². The number of nitrogens with zero attached hydrogens (tertiary/aromatic N) is 2. The number of benzene rings is 2. The molecule has 3 aromatic rings. The lowest BCUT2D eigenvalue weighted by Gasteiger charge is -2.32. The van der Waals surface area contributed by atoms with E-state index in [0.29, 0.717) is 17.9 Å². The van der Waals surface area contributed by atoms with Crippen molar-refractivity contribution >= 4 is 34.3 Å². The van der Waals surface area contributed by atoms with Crippen LogP contribution < -0.4 is 0 Å². The van der Waals surface area contributed by atoms with Crippen LogP contribution in [0, 0.1) is 0 Å². The van der Waals surface area contributed by atoms with E-state index >= 15 is 0 Å². The molecule has 2 aromatic carbocycles. The standard InChI is InChI=1S/C25H24N2O2S/c1-4-29-24(28)17-7-9-18(10-8-17)26-27-19-11-12-22-21(16-19)20(13-14-25(22,2)3)23-6-5-15-30-23/h5-13,15-16H,4,14H2,1-3H3/b27-26+. The molecule has 1 aliphatic rings. The SMILES string of the molecule is CCOC(=O)c1ccc(/N=N/c2ccc3c(c2)C(c2cccs2)=CCC3(C)C)cc1. The summed E-state index contributed by atoms with van der Waals surface area (Å²) >= 11 is 1.76. The van der Waals surface area contributed by atoms with Crippen LogP contribution in [0.4, 0.5) is 11.4 Å². The molecule has 1 aromatic heterocycles. The second-order valence-corrected chi connectivity index (χ2v) is 8.83. The Morgan fingerprint density at radius 2 is 1.80 bits per heavy atom. The molecular weight excluding hydrogens is 392 g/mol. The lowest BCUT2D eigenvalue weighted by molar-refractivity contribution is 0.0526. The average Bonchev–Trinajstić information content (AvgIpc) is 3.27. The summed E-state index contributed by atoms with van der Waals surface area (Å²) in [6.45, 7) is 6.70. The van der Waals surface area contributed by atoms with Gasteiger partial charge in [-0.3, -0.25) is 0 Å². The van der Waals surface area contributed by atoms with Gasteiger partial charge in [-0.25, -0.2) is 4.79 Å². The first-order chi connectivity index (χ1) is 14.5. The van der Waals surface area contributed by atoms with E-state index in [1.807, 2.05) is 6.07 Å². The van der Waals surface area contributed by atoms with Crippen LogP contribution in [0.1, 0.15) is 53.6 Å². The number of hydrogen-bond donors (Lipinski definition) is 0. The van der Waals surface area contributed by atoms with Gasteiger partial charge in [0.05, 0.1) is 23.5 Å². The lowest BCUT2D eigenvalue weighted by atomic mass is 9.73. The molecule has 4 nitrogen and oxygen atoms in total. The van der Waals surface area contributed by atoms with Gasteiger partial charge in [0.25, 0.3) is 0 Å². The van der Waals surface area contributed by atoms with Gasteiger partial charge in [0, 0.05) is 4.88 Å². The first-order valence-corrected chi connectivity index (χ1v) is 10.9. The molecular formula is C25H24N2O2S. The molecule has 0 saturated carbocycles. The van der Waals surface area contributed by atoms with Gasteiger partial charge < -0.3 is 4.74 Å². The number of rotatable bonds is 5. The average molecular weight is 417 g/mol. The maximum atomic E-state index is 11.8. The highest BCUT2D eigenvalue weighted by Gasteiger charge is 2.29. The fourth-order valence-electron chi connectivity index (χ4n) is 3.64. The minimum Gasteiger partial charge on any atom is -0.462 e. The van der Waals surface area contributed by atoms with Crippen LogP contribution in [0.2, 0.25) is 0 Å². The van der Waals surface area contributed by atoms with Crippen molar-refractivity contribution in [3.05, 3.63) is 87.6 Å². The van der Waals surface area contributed by atoms with Crippen molar-refractivity contribution in [2.75, 3.05) is 6.61 Å². The maximum absolute atomic E-state index is 11.8. The Morgan fingerprint density at radius 1 is 1.07 bits per heavy atom. The maximum Gasteiger partial charge on any atom is 0.338 e. The van der Waals surface area contributed by atoms with Crippen molar-refractivity contribution in [3.8, 4) is 0 Å². The molecule has 152 valence electrons. The Kier molecular flexibility index (Phi) is 5.64. The normalized spacial score (nSPS) is 15.0. The topological polar surface area (TPSA) is 51.0 Å². The van der Waals surface area contributed by atoms with Crippen molar-refractivity contribution in [2.24, 2.45) is 10.2 Å². The third-order valence-electron chi connectivity index (χ3n) is 5.28. The molecule has 0 aliphatic heterocycles. The number of hydrogen-bond acceptors (Lipinski definition) is 5. The summed E-state index contributed by atoms with van der Waals surface area (Å²) in [5.74, 6) is -0.328. The molecule has 1 heterocycles.